The quantitative estimate of drug-likeness (QED) is 0.850. The molecular weight excluding hydrogens is 296 g/mol. The van der Waals surface area contributed by atoms with Crippen molar-refractivity contribution < 1.29 is 9.59 Å². The minimum absolute atomic E-state index is 0.00396. The Kier molecular flexibility index (Phi) is 3.71. The molecule has 0 spiro atoms. The second-order valence-corrected chi connectivity index (χ2v) is 5.29. The number of ketones is 1. The van der Waals surface area contributed by atoms with Crippen molar-refractivity contribution in [1.82, 2.24) is 5.32 Å². The van der Waals surface area contributed by atoms with Crippen LogP contribution in [0.15, 0.2) is 22.7 Å². The predicted molar refractivity (Wildman–Crippen MR) is 74.0 cm³/mol. The highest BCUT2D eigenvalue weighted by Crippen LogP contribution is 2.28. The number of halogens is 1. The number of carbonyl (C=O) groups is 2. The number of anilines is 1. The normalized spacial score (nSPS) is 19.6. The van der Waals surface area contributed by atoms with Crippen molar-refractivity contribution in [3.8, 4) is 0 Å². The van der Waals surface area contributed by atoms with E-state index < -0.39 is 0 Å². The molecule has 5 heteroatoms. The molecule has 1 aliphatic heterocycles. The summed E-state index contributed by atoms with van der Waals surface area (Å²) in [5.41, 5.74) is 1.47. The van der Waals surface area contributed by atoms with Crippen molar-refractivity contribution in [3.05, 3.63) is 28.2 Å². The number of hydrogen-bond donors (Lipinski definition) is 1. The van der Waals surface area contributed by atoms with Crippen LogP contribution in [0, 0.1) is 0 Å². The molecule has 18 heavy (non-hydrogen) atoms. The van der Waals surface area contributed by atoms with Gasteiger partial charge in [-0.25, -0.2) is 0 Å². The van der Waals surface area contributed by atoms with Crippen LogP contribution in [-0.4, -0.2) is 30.8 Å². The lowest BCUT2D eigenvalue weighted by Gasteiger charge is -2.35. The largest absolute Gasteiger partial charge is 0.357 e. The summed E-state index contributed by atoms with van der Waals surface area (Å²) in [5, 5.41) is 2.82. The Morgan fingerprint density at radius 1 is 1.50 bits per heavy atom. The number of carbonyl (C=O) groups excluding carboxylic acids is 2. The van der Waals surface area contributed by atoms with E-state index in [0.717, 1.165) is 10.2 Å². The Bertz CT molecular complexity index is 502. The first-order valence-corrected chi connectivity index (χ1v) is 6.65. The van der Waals surface area contributed by atoms with Crippen LogP contribution in [0.4, 0.5) is 5.69 Å². The van der Waals surface area contributed by atoms with Gasteiger partial charge in [0.25, 0.3) is 0 Å². The Morgan fingerprint density at radius 2 is 2.22 bits per heavy atom. The van der Waals surface area contributed by atoms with E-state index in [1.54, 1.807) is 13.0 Å². The minimum Gasteiger partial charge on any atom is -0.357 e. The highest BCUT2D eigenvalue weighted by atomic mass is 79.9. The molecule has 0 aliphatic carbocycles. The molecule has 0 saturated carbocycles. The van der Waals surface area contributed by atoms with E-state index in [2.05, 4.69) is 21.2 Å². The molecule has 4 nitrogen and oxygen atoms in total. The zero-order valence-electron chi connectivity index (χ0n) is 10.4. The lowest BCUT2D eigenvalue weighted by molar-refractivity contribution is -0.122. The van der Waals surface area contributed by atoms with Gasteiger partial charge >= 0.3 is 0 Å². The molecule has 1 atom stereocenters. The summed E-state index contributed by atoms with van der Waals surface area (Å²) in [4.78, 5) is 25.3. The van der Waals surface area contributed by atoms with E-state index in [-0.39, 0.29) is 17.7 Å². The van der Waals surface area contributed by atoms with Gasteiger partial charge in [-0.1, -0.05) is 15.9 Å². The zero-order valence-corrected chi connectivity index (χ0v) is 12.0. The van der Waals surface area contributed by atoms with Gasteiger partial charge in [-0.15, -0.1) is 0 Å². The summed E-state index contributed by atoms with van der Waals surface area (Å²) in [7, 11) is 0. The molecule has 1 aromatic rings. The Morgan fingerprint density at radius 3 is 2.89 bits per heavy atom. The lowest BCUT2D eigenvalue weighted by atomic mass is 10.1. The molecule has 1 heterocycles. The Labute approximate surface area is 114 Å². The fourth-order valence-corrected chi connectivity index (χ4v) is 2.50. The molecule has 1 aromatic carbocycles. The van der Waals surface area contributed by atoms with Crippen molar-refractivity contribution >= 4 is 33.3 Å². The van der Waals surface area contributed by atoms with E-state index in [0.29, 0.717) is 18.7 Å². The van der Waals surface area contributed by atoms with Gasteiger partial charge in [0.1, 0.15) is 6.04 Å². The first kappa shape index (κ1) is 13.1. The monoisotopic (exact) mass is 310 g/mol. The summed E-state index contributed by atoms with van der Waals surface area (Å²) in [6, 6.07) is 5.27. The van der Waals surface area contributed by atoms with Crippen LogP contribution in [0.25, 0.3) is 0 Å². The molecule has 1 saturated heterocycles. The van der Waals surface area contributed by atoms with Crippen LogP contribution in [-0.2, 0) is 4.79 Å². The van der Waals surface area contributed by atoms with E-state index in [1.165, 1.54) is 0 Å². The molecule has 1 amide bonds. The maximum absolute atomic E-state index is 11.7. The van der Waals surface area contributed by atoms with Gasteiger partial charge < -0.3 is 10.2 Å². The molecule has 96 valence electrons. The van der Waals surface area contributed by atoms with E-state index in [4.69, 9.17) is 0 Å². The fourth-order valence-electron chi connectivity index (χ4n) is 2.15. The van der Waals surface area contributed by atoms with Gasteiger partial charge in [-0.3, -0.25) is 9.59 Å². The Hall–Kier alpha value is -1.36. The van der Waals surface area contributed by atoms with Gasteiger partial charge in [0.15, 0.2) is 5.78 Å². The van der Waals surface area contributed by atoms with Gasteiger partial charge in [-0.2, -0.15) is 0 Å². The second-order valence-electron chi connectivity index (χ2n) is 4.38. The third kappa shape index (κ3) is 2.41. The number of piperazine rings is 1. The molecule has 0 radical (unpaired) electrons. The molecule has 0 bridgehead atoms. The minimum atomic E-state index is -0.258. The number of nitrogens with zero attached hydrogens (tertiary/aromatic N) is 1. The van der Waals surface area contributed by atoms with Gasteiger partial charge in [0.05, 0.1) is 0 Å². The first-order chi connectivity index (χ1) is 8.50. The first-order valence-electron chi connectivity index (χ1n) is 5.85. The molecule has 1 fully saturated rings. The average Bonchev–Trinajstić information content (AvgIpc) is 2.32. The van der Waals surface area contributed by atoms with Crippen LogP contribution in [0.1, 0.15) is 24.2 Å². The molecule has 1 unspecified atom stereocenters. The van der Waals surface area contributed by atoms with Crippen LogP contribution in [0.3, 0.4) is 0 Å². The smallest absolute Gasteiger partial charge is 0.242 e. The summed E-state index contributed by atoms with van der Waals surface area (Å²) < 4.78 is 0.903. The molecular formula is C13H15BrN2O2. The standard InChI is InChI=1S/C13H15BrN2O2/c1-8-13(18)15-5-6-16(8)12-7-10(14)3-4-11(12)9(2)17/h3-4,7-8H,5-6H2,1-2H3,(H,15,18). The predicted octanol–water partition coefficient (Wildman–Crippen LogP) is 1.98. The number of hydrogen-bond acceptors (Lipinski definition) is 3. The zero-order chi connectivity index (χ0) is 13.3. The van der Waals surface area contributed by atoms with Gasteiger partial charge in [0.2, 0.25) is 5.91 Å². The Balaban J connectivity index is 2.45. The summed E-state index contributed by atoms with van der Waals surface area (Å²) >= 11 is 3.41. The van der Waals surface area contributed by atoms with Crippen LogP contribution in [0.5, 0.6) is 0 Å². The van der Waals surface area contributed by atoms with Gasteiger partial charge in [-0.05, 0) is 32.0 Å². The van der Waals surface area contributed by atoms with Crippen LogP contribution < -0.4 is 10.2 Å². The highest BCUT2D eigenvalue weighted by molar-refractivity contribution is 9.10. The van der Waals surface area contributed by atoms with Gasteiger partial charge in [0, 0.05) is 28.8 Å². The number of Topliss-reactive ketones (excluding diaryl/α,β-unsaturated/α-hetero) is 1. The third-order valence-corrected chi connectivity index (χ3v) is 3.64. The van der Waals surface area contributed by atoms with Crippen molar-refractivity contribution in [2.75, 3.05) is 18.0 Å². The van der Waals surface area contributed by atoms with E-state index >= 15 is 0 Å². The molecule has 0 aromatic heterocycles. The SMILES string of the molecule is CC(=O)c1ccc(Br)cc1N1CCNC(=O)C1C. The number of rotatable bonds is 2. The van der Waals surface area contributed by atoms with Crippen molar-refractivity contribution in [2.45, 2.75) is 19.9 Å². The van der Waals surface area contributed by atoms with Crippen molar-refractivity contribution in [1.29, 1.82) is 0 Å². The van der Waals surface area contributed by atoms with E-state index in [1.807, 2.05) is 24.0 Å². The topological polar surface area (TPSA) is 49.4 Å². The van der Waals surface area contributed by atoms with Crippen molar-refractivity contribution in [2.24, 2.45) is 0 Å². The van der Waals surface area contributed by atoms with E-state index in [9.17, 15) is 9.59 Å². The molecule has 1 N–H and O–H groups in total. The lowest BCUT2D eigenvalue weighted by Crippen LogP contribution is -2.54. The molecule has 1 aliphatic rings. The maximum atomic E-state index is 11.7. The number of benzene rings is 1. The number of nitrogens with one attached hydrogen (secondary N) is 1. The van der Waals surface area contributed by atoms with Crippen LogP contribution >= 0.6 is 15.9 Å². The van der Waals surface area contributed by atoms with Crippen molar-refractivity contribution in [3.63, 3.8) is 0 Å². The fraction of sp³-hybridized carbons (Fsp3) is 0.385. The highest BCUT2D eigenvalue weighted by Gasteiger charge is 2.27. The number of amides is 1. The summed E-state index contributed by atoms with van der Waals surface area (Å²) in [6.07, 6.45) is 0. The average molecular weight is 311 g/mol. The summed E-state index contributed by atoms with van der Waals surface area (Å²) in [6.45, 7) is 4.71. The summed E-state index contributed by atoms with van der Waals surface area (Å²) in [5.74, 6) is 0.00593. The van der Waals surface area contributed by atoms with Crippen LogP contribution in [0.2, 0.25) is 0 Å². The molecule has 2 rings (SSSR count). The third-order valence-electron chi connectivity index (χ3n) is 3.15. The second kappa shape index (κ2) is 5.10. The maximum Gasteiger partial charge on any atom is 0.242 e.